The molecule has 0 aliphatic carbocycles. The molecule has 0 saturated carbocycles. The van der Waals surface area contributed by atoms with Crippen molar-refractivity contribution in [2.75, 3.05) is 13.2 Å². The normalized spacial score (nSPS) is 11.8. The molecule has 10 nitrogen and oxygen atoms in total. The molecule has 0 aliphatic heterocycles. The summed E-state index contributed by atoms with van der Waals surface area (Å²) in [6.45, 7) is 3.30. The number of carbonyl (C=O) groups excluding carboxylic acids is 2. The fourth-order valence-corrected chi connectivity index (χ4v) is 1.60. The van der Waals surface area contributed by atoms with E-state index < -0.39 is 34.7 Å². The van der Waals surface area contributed by atoms with Crippen LogP contribution in [0.15, 0.2) is 46.0 Å². The van der Waals surface area contributed by atoms with Crippen molar-refractivity contribution >= 4 is 23.3 Å². The fraction of sp³-hybridized carbons (Fsp3) is 0.333. The first kappa shape index (κ1) is 19.7. The van der Waals surface area contributed by atoms with Gasteiger partial charge in [-0.1, -0.05) is 0 Å². The quantitative estimate of drug-likeness (QED) is 0.189. The van der Waals surface area contributed by atoms with Crippen LogP contribution in [0.3, 0.4) is 0 Å². The maximum atomic E-state index is 11.9. The SMILES string of the molecule is CCOC(=O)CC(O)=C(N=Nc1ccc([N+](=O)[O-])cc1)C(=O)OCC. The van der Waals surface area contributed by atoms with E-state index in [-0.39, 0.29) is 24.6 Å². The Morgan fingerprint density at radius 2 is 1.76 bits per heavy atom. The Hall–Kier alpha value is -3.30. The van der Waals surface area contributed by atoms with Gasteiger partial charge in [0.25, 0.3) is 5.69 Å². The van der Waals surface area contributed by atoms with Crippen molar-refractivity contribution in [1.82, 2.24) is 0 Å². The van der Waals surface area contributed by atoms with Gasteiger partial charge < -0.3 is 14.6 Å². The Labute approximate surface area is 142 Å². The molecule has 1 aromatic carbocycles. The summed E-state index contributed by atoms with van der Waals surface area (Å²) in [6, 6.07) is 5.04. The molecule has 134 valence electrons. The highest BCUT2D eigenvalue weighted by Crippen LogP contribution is 2.20. The predicted molar refractivity (Wildman–Crippen MR) is 85.2 cm³/mol. The minimum atomic E-state index is -0.963. The number of nitrogens with zero attached hydrogens (tertiary/aromatic N) is 3. The topological polar surface area (TPSA) is 141 Å². The van der Waals surface area contributed by atoms with Crippen LogP contribution in [-0.2, 0) is 19.1 Å². The summed E-state index contributed by atoms with van der Waals surface area (Å²) in [5, 5.41) is 27.8. The molecule has 10 heteroatoms. The van der Waals surface area contributed by atoms with E-state index >= 15 is 0 Å². The number of carbonyl (C=O) groups is 2. The van der Waals surface area contributed by atoms with E-state index in [0.717, 1.165) is 0 Å². The average Bonchev–Trinajstić information content (AvgIpc) is 2.55. The second-order valence-electron chi connectivity index (χ2n) is 4.47. The average molecular weight is 351 g/mol. The lowest BCUT2D eigenvalue weighted by Gasteiger charge is -2.05. The zero-order valence-corrected chi connectivity index (χ0v) is 13.7. The number of hydrogen-bond donors (Lipinski definition) is 1. The summed E-state index contributed by atoms with van der Waals surface area (Å²) in [4.78, 5) is 33.3. The summed E-state index contributed by atoms with van der Waals surface area (Å²) < 4.78 is 9.43. The maximum absolute atomic E-state index is 11.9. The number of nitro benzene ring substituents is 1. The van der Waals surface area contributed by atoms with Crippen LogP contribution in [0, 0.1) is 10.1 Å². The number of benzene rings is 1. The van der Waals surface area contributed by atoms with E-state index in [1.54, 1.807) is 13.8 Å². The lowest BCUT2D eigenvalue weighted by molar-refractivity contribution is -0.384. The third-order valence-electron chi connectivity index (χ3n) is 2.69. The lowest BCUT2D eigenvalue weighted by atomic mass is 10.3. The Balaban J connectivity index is 3.05. The van der Waals surface area contributed by atoms with E-state index in [4.69, 9.17) is 4.74 Å². The smallest absolute Gasteiger partial charge is 0.362 e. The van der Waals surface area contributed by atoms with Crippen molar-refractivity contribution in [3.05, 3.63) is 45.8 Å². The fourth-order valence-electron chi connectivity index (χ4n) is 1.60. The molecule has 0 saturated heterocycles. The molecule has 0 atom stereocenters. The monoisotopic (exact) mass is 351 g/mol. The van der Waals surface area contributed by atoms with Crippen molar-refractivity contribution in [2.24, 2.45) is 10.2 Å². The van der Waals surface area contributed by atoms with Crippen molar-refractivity contribution < 1.29 is 29.1 Å². The van der Waals surface area contributed by atoms with Gasteiger partial charge in [-0.3, -0.25) is 14.9 Å². The highest BCUT2D eigenvalue weighted by atomic mass is 16.6. The van der Waals surface area contributed by atoms with E-state index in [1.807, 2.05) is 0 Å². The molecule has 1 N–H and O–H groups in total. The molecule has 0 aromatic heterocycles. The Morgan fingerprint density at radius 1 is 1.16 bits per heavy atom. The molecule has 1 aromatic rings. The number of rotatable bonds is 8. The highest BCUT2D eigenvalue weighted by molar-refractivity contribution is 5.89. The number of esters is 2. The van der Waals surface area contributed by atoms with Gasteiger partial charge in [0, 0.05) is 12.1 Å². The van der Waals surface area contributed by atoms with Gasteiger partial charge in [-0.25, -0.2) is 4.79 Å². The Bertz CT molecular complexity index is 696. The van der Waals surface area contributed by atoms with E-state index in [0.29, 0.717) is 0 Å². The van der Waals surface area contributed by atoms with E-state index in [9.17, 15) is 24.8 Å². The molecule has 1 rings (SSSR count). The minimum absolute atomic E-state index is 0.0298. The van der Waals surface area contributed by atoms with Crippen LogP contribution in [0.4, 0.5) is 11.4 Å². The molecular weight excluding hydrogens is 334 g/mol. The molecule has 0 radical (unpaired) electrons. The molecule has 0 amide bonds. The van der Waals surface area contributed by atoms with Crippen molar-refractivity contribution in [2.45, 2.75) is 20.3 Å². The third kappa shape index (κ3) is 6.37. The number of azo groups is 1. The molecule has 0 aliphatic rings. The van der Waals surface area contributed by atoms with Gasteiger partial charge in [-0.2, -0.15) is 5.11 Å². The van der Waals surface area contributed by atoms with Crippen LogP contribution in [0.2, 0.25) is 0 Å². The molecule has 0 bridgehead atoms. The zero-order chi connectivity index (χ0) is 18.8. The molecule has 0 fully saturated rings. The first-order valence-electron chi connectivity index (χ1n) is 7.30. The first-order valence-corrected chi connectivity index (χ1v) is 7.30. The van der Waals surface area contributed by atoms with Crippen LogP contribution in [0.25, 0.3) is 0 Å². The standard InChI is InChI=1S/C15H17N3O7/c1-3-24-13(20)9-12(19)14(15(21)25-4-2)17-16-10-5-7-11(8-6-10)18(22)23/h5-8,19H,3-4,9H2,1-2H3. The van der Waals surface area contributed by atoms with Crippen LogP contribution < -0.4 is 0 Å². The number of hydrogen-bond acceptors (Lipinski definition) is 9. The molecular formula is C15H17N3O7. The van der Waals surface area contributed by atoms with Crippen molar-refractivity contribution in [1.29, 1.82) is 0 Å². The summed E-state index contributed by atoms with van der Waals surface area (Å²) in [6.07, 6.45) is -0.568. The van der Waals surface area contributed by atoms with E-state index in [2.05, 4.69) is 15.0 Å². The van der Waals surface area contributed by atoms with Gasteiger partial charge in [0.2, 0.25) is 5.70 Å². The number of ether oxygens (including phenoxy) is 2. The Morgan fingerprint density at radius 3 is 2.28 bits per heavy atom. The second-order valence-corrected chi connectivity index (χ2v) is 4.47. The number of aliphatic hydroxyl groups excluding tert-OH is 1. The number of non-ortho nitro benzene ring substituents is 1. The van der Waals surface area contributed by atoms with Crippen LogP contribution in [0.1, 0.15) is 20.3 Å². The molecule has 25 heavy (non-hydrogen) atoms. The number of nitro groups is 1. The largest absolute Gasteiger partial charge is 0.509 e. The summed E-state index contributed by atoms with van der Waals surface area (Å²) >= 11 is 0. The summed E-state index contributed by atoms with van der Waals surface area (Å²) in [7, 11) is 0. The van der Waals surface area contributed by atoms with Crippen molar-refractivity contribution in [3.63, 3.8) is 0 Å². The lowest BCUT2D eigenvalue weighted by Crippen LogP contribution is -2.12. The molecule has 0 spiro atoms. The van der Waals surface area contributed by atoms with Gasteiger partial charge in [-0.05, 0) is 26.0 Å². The van der Waals surface area contributed by atoms with Crippen LogP contribution in [0.5, 0.6) is 0 Å². The molecule has 0 unspecified atom stereocenters. The molecule has 0 heterocycles. The van der Waals surface area contributed by atoms with E-state index in [1.165, 1.54) is 24.3 Å². The summed E-state index contributed by atoms with van der Waals surface area (Å²) in [5.74, 6) is -2.36. The predicted octanol–water partition coefficient (Wildman–Crippen LogP) is 2.96. The first-order chi connectivity index (χ1) is 11.9. The van der Waals surface area contributed by atoms with Gasteiger partial charge in [0.05, 0.1) is 23.8 Å². The number of aliphatic hydroxyl groups is 1. The minimum Gasteiger partial charge on any atom is -0.509 e. The summed E-state index contributed by atoms with van der Waals surface area (Å²) in [5.41, 5.74) is -0.477. The Kier molecular flexibility index (Phi) is 7.70. The van der Waals surface area contributed by atoms with Gasteiger partial charge in [-0.15, -0.1) is 5.11 Å². The second kappa shape index (κ2) is 9.75. The van der Waals surface area contributed by atoms with Crippen molar-refractivity contribution in [3.8, 4) is 0 Å². The van der Waals surface area contributed by atoms with Crippen LogP contribution >= 0.6 is 0 Å². The van der Waals surface area contributed by atoms with Gasteiger partial charge >= 0.3 is 11.9 Å². The van der Waals surface area contributed by atoms with Crippen LogP contribution in [-0.4, -0.2) is 35.2 Å². The van der Waals surface area contributed by atoms with Gasteiger partial charge in [0.1, 0.15) is 12.2 Å². The highest BCUT2D eigenvalue weighted by Gasteiger charge is 2.19. The third-order valence-corrected chi connectivity index (χ3v) is 2.69. The van der Waals surface area contributed by atoms with Gasteiger partial charge in [0.15, 0.2) is 0 Å². The maximum Gasteiger partial charge on any atom is 0.362 e. The zero-order valence-electron chi connectivity index (χ0n) is 13.7.